The number of ether oxygens (including phenoxy) is 3. The van der Waals surface area contributed by atoms with E-state index in [1.165, 1.54) is 70.6 Å². The Bertz CT molecular complexity index is 430. The van der Waals surface area contributed by atoms with Gasteiger partial charge in [0.25, 0.3) is 0 Å². The van der Waals surface area contributed by atoms with E-state index in [4.69, 9.17) is 14.2 Å². The molecule has 178 valence electrons. The Kier molecular flexibility index (Phi) is 12.3. The van der Waals surface area contributed by atoms with Crippen LogP contribution in [0, 0.1) is 17.8 Å². The molecule has 1 aliphatic heterocycles. The zero-order valence-electron chi connectivity index (χ0n) is 20.9. The Morgan fingerprint density at radius 1 is 0.833 bits per heavy atom. The van der Waals surface area contributed by atoms with Crippen LogP contribution < -0.4 is 0 Å². The zero-order valence-corrected chi connectivity index (χ0v) is 20.9. The van der Waals surface area contributed by atoms with Crippen LogP contribution in [0.1, 0.15) is 125 Å². The van der Waals surface area contributed by atoms with Crippen LogP contribution in [0.15, 0.2) is 0 Å². The number of hydrogen-bond donors (Lipinski definition) is 0. The summed E-state index contributed by atoms with van der Waals surface area (Å²) < 4.78 is 18.9. The summed E-state index contributed by atoms with van der Waals surface area (Å²) in [4.78, 5) is 0. The molecule has 0 N–H and O–H groups in total. The SMILES string of the molecule is CCCCCCCCC(CC(C)C1CCC2OC2C1)C(CC)(OCCC)OCCC. The van der Waals surface area contributed by atoms with E-state index in [0.717, 1.165) is 44.3 Å². The maximum absolute atomic E-state index is 6.56. The molecule has 0 spiro atoms. The lowest BCUT2D eigenvalue weighted by atomic mass is 9.74. The van der Waals surface area contributed by atoms with Gasteiger partial charge in [0.1, 0.15) is 0 Å². The zero-order chi connectivity index (χ0) is 21.8. The third-order valence-electron chi connectivity index (χ3n) is 7.63. The molecule has 0 aromatic rings. The average Bonchev–Trinajstić information content (AvgIpc) is 3.55. The summed E-state index contributed by atoms with van der Waals surface area (Å²) in [6.45, 7) is 13.1. The van der Waals surface area contributed by atoms with Gasteiger partial charge in [-0.15, -0.1) is 0 Å². The first-order valence-electron chi connectivity index (χ1n) is 13.5. The molecule has 0 bridgehead atoms. The van der Waals surface area contributed by atoms with Crippen LogP contribution in [0.3, 0.4) is 0 Å². The second-order valence-corrected chi connectivity index (χ2v) is 10.1. The standard InChI is InChI=1S/C27H52O3/c1-6-10-11-12-13-14-15-24(27(9-4,28-18-7-2)29-19-8-3)20-22(5)23-16-17-25-26(21-23)30-25/h22-26H,6-21H2,1-5H3. The molecular formula is C27H52O3. The highest BCUT2D eigenvalue weighted by Crippen LogP contribution is 2.45. The van der Waals surface area contributed by atoms with Crippen molar-refractivity contribution in [2.45, 2.75) is 143 Å². The summed E-state index contributed by atoms with van der Waals surface area (Å²) in [5.74, 6) is 1.64. The average molecular weight is 425 g/mol. The highest BCUT2D eigenvalue weighted by molar-refractivity contribution is 4.94. The fourth-order valence-corrected chi connectivity index (χ4v) is 5.60. The molecule has 1 saturated heterocycles. The molecule has 2 rings (SSSR count). The molecule has 3 nitrogen and oxygen atoms in total. The van der Waals surface area contributed by atoms with Crippen molar-refractivity contribution in [3.63, 3.8) is 0 Å². The van der Waals surface area contributed by atoms with Gasteiger partial charge in [-0.1, -0.05) is 73.1 Å². The van der Waals surface area contributed by atoms with Crippen LogP contribution in [0.4, 0.5) is 0 Å². The summed E-state index contributed by atoms with van der Waals surface area (Å²) in [6.07, 6.45) is 18.8. The molecule has 2 aliphatic rings. The van der Waals surface area contributed by atoms with Crippen molar-refractivity contribution < 1.29 is 14.2 Å². The third kappa shape index (κ3) is 8.10. The normalized spacial score (nSPS) is 25.7. The minimum atomic E-state index is -0.392. The number of epoxide rings is 1. The maximum Gasteiger partial charge on any atom is 0.170 e. The van der Waals surface area contributed by atoms with E-state index in [1.807, 2.05) is 0 Å². The van der Waals surface area contributed by atoms with E-state index < -0.39 is 5.79 Å². The van der Waals surface area contributed by atoms with Crippen molar-refractivity contribution in [2.75, 3.05) is 13.2 Å². The topological polar surface area (TPSA) is 31.0 Å². The van der Waals surface area contributed by atoms with Gasteiger partial charge in [-0.2, -0.15) is 0 Å². The predicted octanol–water partition coefficient (Wildman–Crippen LogP) is 7.91. The minimum absolute atomic E-state index is 0.392. The Morgan fingerprint density at radius 3 is 2.10 bits per heavy atom. The quantitative estimate of drug-likeness (QED) is 0.127. The van der Waals surface area contributed by atoms with Gasteiger partial charge in [-0.25, -0.2) is 0 Å². The van der Waals surface area contributed by atoms with Gasteiger partial charge in [0.15, 0.2) is 5.79 Å². The van der Waals surface area contributed by atoms with Gasteiger partial charge in [0, 0.05) is 19.1 Å². The summed E-state index contributed by atoms with van der Waals surface area (Å²) in [5, 5.41) is 0. The summed E-state index contributed by atoms with van der Waals surface area (Å²) in [6, 6.07) is 0. The van der Waals surface area contributed by atoms with Crippen LogP contribution in [0.2, 0.25) is 0 Å². The van der Waals surface area contributed by atoms with Crippen molar-refractivity contribution >= 4 is 0 Å². The van der Waals surface area contributed by atoms with E-state index in [1.54, 1.807) is 0 Å². The van der Waals surface area contributed by atoms with Crippen LogP contribution in [0.25, 0.3) is 0 Å². The monoisotopic (exact) mass is 424 g/mol. The molecule has 5 atom stereocenters. The molecule has 0 aromatic carbocycles. The fraction of sp³-hybridized carbons (Fsp3) is 1.00. The molecule has 0 amide bonds. The maximum atomic E-state index is 6.56. The van der Waals surface area contributed by atoms with Gasteiger partial charge in [0.05, 0.1) is 12.2 Å². The molecule has 30 heavy (non-hydrogen) atoms. The fourth-order valence-electron chi connectivity index (χ4n) is 5.60. The highest BCUT2D eigenvalue weighted by atomic mass is 16.7. The molecule has 1 heterocycles. The van der Waals surface area contributed by atoms with Gasteiger partial charge in [-0.3, -0.25) is 0 Å². The van der Waals surface area contributed by atoms with Crippen molar-refractivity contribution in [3.8, 4) is 0 Å². The van der Waals surface area contributed by atoms with Crippen molar-refractivity contribution in [1.29, 1.82) is 0 Å². The lowest BCUT2D eigenvalue weighted by Gasteiger charge is -2.42. The van der Waals surface area contributed by atoms with Crippen molar-refractivity contribution in [1.82, 2.24) is 0 Å². The van der Waals surface area contributed by atoms with Crippen molar-refractivity contribution in [2.24, 2.45) is 17.8 Å². The smallest absolute Gasteiger partial charge is 0.170 e. The molecule has 2 fully saturated rings. The lowest BCUT2D eigenvalue weighted by molar-refractivity contribution is -0.273. The van der Waals surface area contributed by atoms with E-state index in [2.05, 4.69) is 34.6 Å². The third-order valence-corrected chi connectivity index (χ3v) is 7.63. The minimum Gasteiger partial charge on any atom is -0.370 e. The second kappa shape index (κ2) is 14.1. The molecule has 5 unspecified atom stereocenters. The number of rotatable bonds is 18. The van der Waals surface area contributed by atoms with Gasteiger partial charge in [0.2, 0.25) is 0 Å². The first-order valence-corrected chi connectivity index (χ1v) is 13.5. The molecule has 0 aromatic heterocycles. The number of unbranched alkanes of at least 4 members (excludes halogenated alkanes) is 5. The van der Waals surface area contributed by atoms with Crippen LogP contribution >= 0.6 is 0 Å². The van der Waals surface area contributed by atoms with E-state index in [9.17, 15) is 0 Å². The van der Waals surface area contributed by atoms with E-state index >= 15 is 0 Å². The van der Waals surface area contributed by atoms with E-state index in [0.29, 0.717) is 18.1 Å². The first-order chi connectivity index (χ1) is 14.6. The number of hydrogen-bond acceptors (Lipinski definition) is 3. The van der Waals surface area contributed by atoms with Crippen LogP contribution in [0.5, 0.6) is 0 Å². The molecular weight excluding hydrogens is 372 g/mol. The summed E-state index contributed by atoms with van der Waals surface area (Å²) in [7, 11) is 0. The van der Waals surface area contributed by atoms with E-state index in [-0.39, 0.29) is 0 Å². The van der Waals surface area contributed by atoms with Crippen LogP contribution in [-0.4, -0.2) is 31.2 Å². The van der Waals surface area contributed by atoms with Gasteiger partial charge >= 0.3 is 0 Å². The second-order valence-electron chi connectivity index (χ2n) is 10.1. The lowest BCUT2D eigenvalue weighted by Crippen LogP contribution is -2.45. The Hall–Kier alpha value is -0.120. The van der Waals surface area contributed by atoms with Crippen molar-refractivity contribution in [3.05, 3.63) is 0 Å². The molecule has 1 saturated carbocycles. The molecule has 1 aliphatic carbocycles. The van der Waals surface area contributed by atoms with Gasteiger partial charge < -0.3 is 14.2 Å². The summed E-state index contributed by atoms with van der Waals surface area (Å²) in [5.41, 5.74) is 0. The highest BCUT2D eigenvalue weighted by Gasteiger charge is 2.46. The Balaban J connectivity index is 2.01. The largest absolute Gasteiger partial charge is 0.370 e. The Morgan fingerprint density at radius 2 is 1.50 bits per heavy atom. The predicted molar refractivity (Wildman–Crippen MR) is 127 cm³/mol. The van der Waals surface area contributed by atoms with Gasteiger partial charge in [-0.05, 0) is 63.2 Å². The molecule has 0 radical (unpaired) electrons. The van der Waals surface area contributed by atoms with Crippen LogP contribution in [-0.2, 0) is 14.2 Å². The molecule has 3 heteroatoms. The first kappa shape index (κ1) is 26.1. The Labute approximate surface area is 188 Å². The summed E-state index contributed by atoms with van der Waals surface area (Å²) >= 11 is 0. The number of fused-ring (bicyclic) bond motifs is 1.